The minimum absolute atomic E-state index is 0.0918. The molecule has 8 heteroatoms. The highest BCUT2D eigenvalue weighted by molar-refractivity contribution is 5.95. The molecule has 29 heavy (non-hydrogen) atoms. The molecule has 1 aromatic carbocycles. The molecule has 0 radical (unpaired) electrons. The molecule has 1 N–H and O–H groups in total. The van der Waals surface area contributed by atoms with E-state index in [0.29, 0.717) is 29.7 Å². The number of rotatable bonds is 4. The number of aryl methyl sites for hydroxylation is 3. The van der Waals surface area contributed by atoms with Crippen molar-refractivity contribution in [3.05, 3.63) is 52.5 Å². The minimum Gasteiger partial charge on any atom is -0.497 e. The first-order chi connectivity index (χ1) is 13.9. The van der Waals surface area contributed by atoms with Gasteiger partial charge in [0.05, 0.1) is 19.9 Å². The molecule has 2 aromatic heterocycles. The van der Waals surface area contributed by atoms with Gasteiger partial charge in [-0.2, -0.15) is 9.78 Å². The largest absolute Gasteiger partial charge is 0.497 e. The Bertz CT molecular complexity index is 1090. The molecule has 0 saturated heterocycles. The number of nitrogens with zero attached hydrogens (tertiary/aromatic N) is 4. The van der Waals surface area contributed by atoms with Gasteiger partial charge in [0, 0.05) is 40.9 Å². The van der Waals surface area contributed by atoms with Crippen molar-refractivity contribution in [3.63, 3.8) is 0 Å². The second-order valence-corrected chi connectivity index (χ2v) is 7.12. The molecule has 4 rings (SSSR count). The maximum absolute atomic E-state index is 12.6. The molecular formula is C21H23N5O3. The molecule has 0 bridgehead atoms. The van der Waals surface area contributed by atoms with Gasteiger partial charge >= 0.3 is 0 Å². The summed E-state index contributed by atoms with van der Waals surface area (Å²) < 4.78 is 12.5. The fourth-order valence-electron chi connectivity index (χ4n) is 3.87. The summed E-state index contributed by atoms with van der Waals surface area (Å²) in [5.74, 6) is 2.12. The Morgan fingerprint density at radius 2 is 1.79 bits per heavy atom. The molecule has 1 atom stereocenters. The summed E-state index contributed by atoms with van der Waals surface area (Å²) in [4.78, 5) is 21.6. The predicted octanol–water partition coefficient (Wildman–Crippen LogP) is 3.08. The van der Waals surface area contributed by atoms with Crippen molar-refractivity contribution in [1.82, 2.24) is 19.7 Å². The van der Waals surface area contributed by atoms with Crippen LogP contribution in [0.4, 0.5) is 5.82 Å². The van der Waals surface area contributed by atoms with E-state index in [1.807, 2.05) is 45.0 Å². The number of hydrogen-bond donors (Lipinski definition) is 1. The first-order valence-electron chi connectivity index (χ1n) is 9.35. The zero-order chi connectivity index (χ0) is 20.7. The van der Waals surface area contributed by atoms with Crippen LogP contribution in [0.2, 0.25) is 0 Å². The molecule has 3 aromatic rings. The van der Waals surface area contributed by atoms with Crippen LogP contribution in [-0.2, 0) is 4.79 Å². The third-order valence-corrected chi connectivity index (χ3v) is 5.08. The second-order valence-electron chi connectivity index (χ2n) is 7.12. The number of methoxy groups -OCH3 is 2. The van der Waals surface area contributed by atoms with E-state index >= 15 is 0 Å². The number of anilines is 1. The van der Waals surface area contributed by atoms with Crippen LogP contribution in [-0.4, -0.2) is 39.9 Å². The average molecular weight is 393 g/mol. The Balaban J connectivity index is 1.89. The number of fused-ring (bicyclic) bond motifs is 1. The van der Waals surface area contributed by atoms with Gasteiger partial charge in [0.15, 0.2) is 0 Å². The Kier molecular flexibility index (Phi) is 4.70. The third kappa shape index (κ3) is 3.30. The summed E-state index contributed by atoms with van der Waals surface area (Å²) in [6.07, 6.45) is 0.302. The fraction of sp³-hybridized carbons (Fsp3) is 0.333. The van der Waals surface area contributed by atoms with Gasteiger partial charge in [-0.3, -0.25) is 4.79 Å². The summed E-state index contributed by atoms with van der Waals surface area (Å²) >= 11 is 0. The summed E-state index contributed by atoms with van der Waals surface area (Å²) in [5.41, 5.74) is 4.34. The number of ether oxygens (including phenoxy) is 2. The molecule has 1 aliphatic rings. The van der Waals surface area contributed by atoms with Crippen LogP contribution in [0.3, 0.4) is 0 Å². The van der Waals surface area contributed by atoms with E-state index in [1.165, 1.54) is 0 Å². The van der Waals surface area contributed by atoms with Gasteiger partial charge in [0.25, 0.3) is 5.95 Å². The number of amides is 1. The van der Waals surface area contributed by atoms with E-state index in [9.17, 15) is 4.79 Å². The maximum Gasteiger partial charge on any atom is 0.252 e. The van der Waals surface area contributed by atoms with E-state index in [1.54, 1.807) is 18.9 Å². The lowest BCUT2D eigenvalue weighted by atomic mass is 9.85. The summed E-state index contributed by atoms with van der Waals surface area (Å²) in [6.45, 7) is 5.74. The Labute approximate surface area is 168 Å². The van der Waals surface area contributed by atoms with Crippen molar-refractivity contribution in [3.8, 4) is 17.4 Å². The molecule has 0 saturated carbocycles. The van der Waals surface area contributed by atoms with E-state index in [0.717, 1.165) is 28.2 Å². The van der Waals surface area contributed by atoms with Gasteiger partial charge in [0.1, 0.15) is 17.3 Å². The lowest BCUT2D eigenvalue weighted by molar-refractivity contribution is -0.116. The molecule has 150 valence electrons. The van der Waals surface area contributed by atoms with E-state index in [2.05, 4.69) is 20.4 Å². The van der Waals surface area contributed by atoms with Crippen LogP contribution < -0.4 is 14.8 Å². The number of aromatic nitrogens is 4. The van der Waals surface area contributed by atoms with E-state index in [-0.39, 0.29) is 11.8 Å². The average Bonchev–Trinajstić information content (AvgIpc) is 3.02. The first-order valence-corrected chi connectivity index (χ1v) is 9.35. The normalized spacial score (nSPS) is 15.6. The van der Waals surface area contributed by atoms with Crippen molar-refractivity contribution >= 4 is 11.7 Å². The number of benzene rings is 1. The van der Waals surface area contributed by atoms with Crippen molar-refractivity contribution in [2.24, 2.45) is 0 Å². The Hall–Kier alpha value is -3.42. The number of carbonyl (C=O) groups excluding carboxylic acids is 1. The molecule has 0 spiro atoms. The van der Waals surface area contributed by atoms with Gasteiger partial charge in [-0.25, -0.2) is 9.97 Å². The van der Waals surface area contributed by atoms with Crippen LogP contribution in [0.15, 0.2) is 24.3 Å². The number of carbonyl (C=O) groups is 1. The number of nitrogens with one attached hydrogen (secondary N) is 1. The predicted molar refractivity (Wildman–Crippen MR) is 108 cm³/mol. The van der Waals surface area contributed by atoms with Crippen LogP contribution in [0.5, 0.6) is 11.5 Å². The Morgan fingerprint density at radius 3 is 2.45 bits per heavy atom. The van der Waals surface area contributed by atoms with Gasteiger partial charge in [-0.15, -0.1) is 0 Å². The zero-order valence-corrected chi connectivity index (χ0v) is 17.1. The Morgan fingerprint density at radius 1 is 1.07 bits per heavy atom. The van der Waals surface area contributed by atoms with Crippen LogP contribution in [0, 0.1) is 20.8 Å². The summed E-state index contributed by atoms with van der Waals surface area (Å²) in [6, 6.07) is 7.54. The lowest BCUT2D eigenvalue weighted by Crippen LogP contribution is -2.25. The van der Waals surface area contributed by atoms with Crippen LogP contribution in [0.1, 0.15) is 40.5 Å². The minimum atomic E-state index is -0.195. The monoisotopic (exact) mass is 393 g/mol. The van der Waals surface area contributed by atoms with Gasteiger partial charge in [-0.1, -0.05) is 6.07 Å². The lowest BCUT2D eigenvalue weighted by Gasteiger charge is -2.25. The molecule has 0 fully saturated rings. The molecule has 1 aliphatic heterocycles. The second kappa shape index (κ2) is 7.20. The third-order valence-electron chi connectivity index (χ3n) is 5.08. The zero-order valence-electron chi connectivity index (χ0n) is 17.1. The maximum atomic E-state index is 12.6. The highest BCUT2D eigenvalue weighted by atomic mass is 16.5. The van der Waals surface area contributed by atoms with Crippen LogP contribution >= 0.6 is 0 Å². The van der Waals surface area contributed by atoms with Crippen molar-refractivity contribution in [1.29, 1.82) is 0 Å². The quantitative estimate of drug-likeness (QED) is 0.732. The van der Waals surface area contributed by atoms with Gasteiger partial charge < -0.3 is 14.8 Å². The van der Waals surface area contributed by atoms with Gasteiger partial charge in [-0.05, 0) is 32.9 Å². The highest BCUT2D eigenvalue weighted by Gasteiger charge is 2.34. The molecule has 1 amide bonds. The van der Waals surface area contributed by atoms with E-state index < -0.39 is 0 Å². The number of hydrogen-bond acceptors (Lipinski definition) is 6. The smallest absolute Gasteiger partial charge is 0.252 e. The molecular weight excluding hydrogens is 370 g/mol. The summed E-state index contributed by atoms with van der Waals surface area (Å²) in [7, 11) is 3.22. The van der Waals surface area contributed by atoms with Crippen LogP contribution in [0.25, 0.3) is 5.95 Å². The van der Waals surface area contributed by atoms with Gasteiger partial charge in [0.2, 0.25) is 5.91 Å². The SMILES string of the molecule is COc1ccc([C@H]2CC(=O)Nc3c2c(C)nn3-c2nc(C)cc(C)n2)c(OC)c1. The molecule has 0 unspecified atom stereocenters. The highest BCUT2D eigenvalue weighted by Crippen LogP contribution is 2.43. The van der Waals surface area contributed by atoms with Crippen molar-refractivity contribution in [2.75, 3.05) is 19.5 Å². The van der Waals surface area contributed by atoms with Crippen molar-refractivity contribution in [2.45, 2.75) is 33.1 Å². The molecule has 3 heterocycles. The van der Waals surface area contributed by atoms with Crippen molar-refractivity contribution < 1.29 is 14.3 Å². The fourth-order valence-corrected chi connectivity index (χ4v) is 3.87. The summed E-state index contributed by atoms with van der Waals surface area (Å²) in [5, 5.41) is 7.62. The van der Waals surface area contributed by atoms with E-state index in [4.69, 9.17) is 9.47 Å². The first kappa shape index (κ1) is 18.9. The standard InChI is InChI=1S/C21H23N5O3/c1-11-8-12(2)23-21(22-11)26-20-19(13(3)25-26)16(10-18(27)24-20)15-7-6-14(28-4)9-17(15)29-5/h6-9,16H,10H2,1-5H3,(H,24,27)/t16-/m1/s1. The molecule has 8 nitrogen and oxygen atoms in total. The topological polar surface area (TPSA) is 91.2 Å². The molecule has 0 aliphatic carbocycles.